The first-order valence-electron chi connectivity index (χ1n) is 10.6. The molecule has 0 aromatic rings. The van der Waals surface area contributed by atoms with E-state index < -0.39 is 0 Å². The van der Waals surface area contributed by atoms with E-state index in [1.165, 1.54) is 71.5 Å². The van der Waals surface area contributed by atoms with Crippen LogP contribution in [0, 0.1) is 0 Å². The molecule has 5 fully saturated rings. The monoisotopic (exact) mass is 476 g/mol. The average Bonchev–Trinajstić information content (AvgIpc) is 3.17. The van der Waals surface area contributed by atoms with Crippen LogP contribution in [0.2, 0.25) is 0 Å². The zero-order chi connectivity index (χ0) is 17.1. The van der Waals surface area contributed by atoms with Gasteiger partial charge in [0, 0.05) is 64.4 Å². The number of piperazine rings is 3. The highest BCUT2D eigenvalue weighted by Gasteiger charge is 2.33. The number of rotatable bonds is 4. The summed E-state index contributed by atoms with van der Waals surface area (Å²) < 4.78 is 0. The van der Waals surface area contributed by atoms with Crippen molar-refractivity contribution in [2.45, 2.75) is 44.7 Å². The highest BCUT2D eigenvalue weighted by Crippen LogP contribution is 2.21. The van der Waals surface area contributed by atoms with Gasteiger partial charge in [-0.2, -0.15) is 0 Å². The van der Waals surface area contributed by atoms with E-state index in [0.717, 1.165) is 38.2 Å². The van der Waals surface area contributed by atoms with Crippen LogP contribution in [0.3, 0.4) is 0 Å². The largest absolute Gasteiger partial charge is 0.357 e. The van der Waals surface area contributed by atoms with Crippen LogP contribution in [-0.4, -0.2) is 110 Å². The van der Waals surface area contributed by atoms with Gasteiger partial charge in [0.05, 0.1) is 6.54 Å². The van der Waals surface area contributed by atoms with Crippen LogP contribution in [-0.2, 0) is 0 Å². The zero-order valence-electron chi connectivity index (χ0n) is 16.4. The first kappa shape index (κ1) is 20.6. The second-order valence-electron chi connectivity index (χ2n) is 8.17. The first-order chi connectivity index (χ1) is 12.3. The van der Waals surface area contributed by atoms with E-state index in [-0.39, 0.29) is 24.0 Å². The Kier molecular flexibility index (Phi) is 7.84. The maximum atomic E-state index is 5.06. The topological polar surface area (TPSA) is 37.4 Å². The Morgan fingerprint density at radius 3 is 2.35 bits per heavy atom. The molecule has 2 bridgehead atoms. The zero-order valence-corrected chi connectivity index (χ0v) is 18.7. The van der Waals surface area contributed by atoms with Gasteiger partial charge in [0.15, 0.2) is 5.96 Å². The summed E-state index contributed by atoms with van der Waals surface area (Å²) in [5.74, 6) is 1.15. The predicted octanol–water partition coefficient (Wildman–Crippen LogP) is 1.13. The molecular weight excluding hydrogens is 439 g/mol. The Morgan fingerprint density at radius 2 is 1.69 bits per heavy atom. The number of aliphatic imine (C=N–C) groups is 1. The Morgan fingerprint density at radius 1 is 0.923 bits per heavy atom. The van der Waals surface area contributed by atoms with E-state index in [9.17, 15) is 0 Å². The van der Waals surface area contributed by atoms with Crippen molar-refractivity contribution in [3.8, 4) is 0 Å². The highest BCUT2D eigenvalue weighted by atomic mass is 127. The van der Waals surface area contributed by atoms with Gasteiger partial charge < -0.3 is 10.2 Å². The lowest BCUT2D eigenvalue weighted by atomic mass is 10.1. The lowest BCUT2D eigenvalue weighted by Crippen LogP contribution is -2.62. The fourth-order valence-electron chi connectivity index (χ4n) is 5.03. The quantitative estimate of drug-likeness (QED) is 0.374. The third-order valence-corrected chi connectivity index (χ3v) is 6.55. The minimum Gasteiger partial charge on any atom is -0.357 e. The number of hydrogen-bond acceptors (Lipinski definition) is 4. The number of guanidine groups is 1. The van der Waals surface area contributed by atoms with Gasteiger partial charge in [0.2, 0.25) is 0 Å². The Labute approximate surface area is 176 Å². The van der Waals surface area contributed by atoms with Crippen LogP contribution >= 0.6 is 24.0 Å². The molecule has 7 heteroatoms. The predicted molar refractivity (Wildman–Crippen MR) is 119 cm³/mol. The van der Waals surface area contributed by atoms with E-state index >= 15 is 0 Å². The van der Waals surface area contributed by atoms with Crippen molar-refractivity contribution in [2.24, 2.45) is 4.99 Å². The van der Waals surface area contributed by atoms with Crippen molar-refractivity contribution in [1.82, 2.24) is 24.9 Å². The summed E-state index contributed by atoms with van der Waals surface area (Å²) in [4.78, 5) is 15.6. The highest BCUT2D eigenvalue weighted by molar-refractivity contribution is 14.0. The van der Waals surface area contributed by atoms with Gasteiger partial charge in [-0.1, -0.05) is 6.42 Å². The molecule has 5 aliphatic rings. The molecule has 150 valence electrons. The maximum absolute atomic E-state index is 5.06. The minimum absolute atomic E-state index is 0. The molecule has 0 aromatic heterocycles. The number of fused-ring (bicyclic) bond motifs is 3. The van der Waals surface area contributed by atoms with Crippen molar-refractivity contribution in [1.29, 1.82) is 0 Å². The van der Waals surface area contributed by atoms with Crippen LogP contribution in [0.25, 0.3) is 0 Å². The second-order valence-corrected chi connectivity index (χ2v) is 8.17. The van der Waals surface area contributed by atoms with Gasteiger partial charge in [-0.3, -0.25) is 19.7 Å². The molecule has 26 heavy (non-hydrogen) atoms. The summed E-state index contributed by atoms with van der Waals surface area (Å²) in [5, 5.41) is 3.56. The first-order valence-corrected chi connectivity index (χ1v) is 10.6. The average molecular weight is 476 g/mol. The molecule has 5 rings (SSSR count). The molecule has 0 amide bonds. The maximum Gasteiger partial charge on any atom is 0.194 e. The van der Waals surface area contributed by atoms with Crippen molar-refractivity contribution < 1.29 is 0 Å². The summed E-state index contributed by atoms with van der Waals surface area (Å²) in [5.41, 5.74) is 0. The molecule has 0 radical (unpaired) electrons. The molecule has 2 atom stereocenters. The van der Waals surface area contributed by atoms with Gasteiger partial charge >= 0.3 is 0 Å². The minimum atomic E-state index is 0. The van der Waals surface area contributed by atoms with Crippen LogP contribution in [0.1, 0.15) is 32.6 Å². The summed E-state index contributed by atoms with van der Waals surface area (Å²) in [7, 11) is 0. The fraction of sp³-hybridized carbons (Fsp3) is 0.947. The molecule has 1 N–H and O–H groups in total. The summed E-state index contributed by atoms with van der Waals surface area (Å²) in [6, 6.07) is 1.36. The molecule has 0 spiro atoms. The summed E-state index contributed by atoms with van der Waals surface area (Å²) in [6.45, 7) is 15.2. The summed E-state index contributed by atoms with van der Waals surface area (Å²) >= 11 is 0. The van der Waals surface area contributed by atoms with Gasteiger partial charge in [0.25, 0.3) is 0 Å². The number of nitrogens with one attached hydrogen (secondary N) is 1. The molecule has 5 heterocycles. The molecule has 2 unspecified atom stereocenters. The number of hydrogen-bond donors (Lipinski definition) is 1. The smallest absolute Gasteiger partial charge is 0.194 e. The van der Waals surface area contributed by atoms with Gasteiger partial charge in [-0.25, -0.2) is 0 Å². The van der Waals surface area contributed by atoms with E-state index in [2.05, 4.69) is 31.8 Å². The van der Waals surface area contributed by atoms with E-state index in [1.807, 2.05) is 0 Å². The number of piperidine rings is 1. The van der Waals surface area contributed by atoms with Crippen LogP contribution in [0.4, 0.5) is 0 Å². The molecular formula is C19H37IN6. The van der Waals surface area contributed by atoms with Crippen molar-refractivity contribution >= 4 is 29.9 Å². The molecule has 5 aliphatic heterocycles. The lowest BCUT2D eigenvalue weighted by Gasteiger charge is -2.47. The van der Waals surface area contributed by atoms with Crippen LogP contribution in [0.5, 0.6) is 0 Å². The molecule has 0 aliphatic carbocycles. The third kappa shape index (κ3) is 4.83. The van der Waals surface area contributed by atoms with E-state index in [0.29, 0.717) is 6.04 Å². The standard InChI is InChI=1S/C19H36N6.HI/c1-2-20-19(21-14-18-15-22-10-12-24(18)13-11-22)25-9-6-17(16-25)23-7-4-3-5-8-23;/h17-18H,2-16H2,1H3,(H,20,21);1H. The SMILES string of the molecule is CCNC(=NCC1CN2CCN1CC2)N1CCC(N2CCCCC2)C1.I. The Balaban J connectivity index is 0.00000196. The van der Waals surface area contributed by atoms with Crippen molar-refractivity contribution in [2.75, 3.05) is 72.0 Å². The summed E-state index contributed by atoms with van der Waals surface area (Å²) in [6.07, 6.45) is 5.50. The Bertz CT molecular complexity index is 459. The third-order valence-electron chi connectivity index (χ3n) is 6.55. The van der Waals surface area contributed by atoms with E-state index in [4.69, 9.17) is 4.99 Å². The fourth-order valence-corrected chi connectivity index (χ4v) is 5.03. The second kappa shape index (κ2) is 9.89. The van der Waals surface area contributed by atoms with Crippen molar-refractivity contribution in [3.63, 3.8) is 0 Å². The Hall–Kier alpha value is -0.120. The normalized spacial score (nSPS) is 35.4. The van der Waals surface area contributed by atoms with Crippen molar-refractivity contribution in [3.05, 3.63) is 0 Å². The molecule has 0 saturated carbocycles. The van der Waals surface area contributed by atoms with Gasteiger partial charge in [0.1, 0.15) is 0 Å². The number of halogens is 1. The molecule has 5 saturated heterocycles. The number of nitrogens with zero attached hydrogens (tertiary/aromatic N) is 5. The van der Waals surface area contributed by atoms with Gasteiger partial charge in [-0.05, 0) is 39.3 Å². The molecule has 0 aromatic carbocycles. The van der Waals surface area contributed by atoms with Crippen LogP contribution in [0.15, 0.2) is 4.99 Å². The number of likely N-dealkylation sites (tertiary alicyclic amines) is 2. The van der Waals surface area contributed by atoms with E-state index in [1.54, 1.807) is 0 Å². The lowest BCUT2D eigenvalue weighted by molar-refractivity contribution is 0.0173. The van der Waals surface area contributed by atoms with Gasteiger partial charge in [-0.15, -0.1) is 24.0 Å². The molecule has 6 nitrogen and oxygen atoms in total. The van der Waals surface area contributed by atoms with Crippen LogP contribution < -0.4 is 5.32 Å².